The molecule has 0 aliphatic carbocycles. The van der Waals surface area contributed by atoms with Gasteiger partial charge in [-0.25, -0.2) is 4.79 Å². The van der Waals surface area contributed by atoms with Gasteiger partial charge in [0.05, 0.1) is 6.54 Å². The fourth-order valence-corrected chi connectivity index (χ4v) is 2.73. The van der Waals surface area contributed by atoms with Crippen LogP contribution in [0, 0.1) is 0 Å². The van der Waals surface area contributed by atoms with Crippen molar-refractivity contribution in [3.05, 3.63) is 23.7 Å². The average Bonchev–Trinajstić information content (AvgIpc) is 3.05. The first kappa shape index (κ1) is 13.6. The topological polar surface area (TPSA) is 118 Å². The standard InChI is InChI=1S/C13H16N4O4/c14-7-8-1-2-9(21-8)10(18)17-5-3-13(4-6-17)11(19)15-12(20)16-13/h1-2H,3-7,14H2,(H2,15,16,19,20). The average molecular weight is 292 g/mol. The summed E-state index contributed by atoms with van der Waals surface area (Å²) < 4.78 is 5.34. The lowest BCUT2D eigenvalue weighted by atomic mass is 9.87. The van der Waals surface area contributed by atoms with E-state index in [4.69, 9.17) is 10.2 Å². The van der Waals surface area contributed by atoms with E-state index in [0.29, 0.717) is 31.7 Å². The van der Waals surface area contributed by atoms with Gasteiger partial charge in [0.2, 0.25) is 0 Å². The van der Waals surface area contributed by atoms with Crippen LogP contribution in [0.4, 0.5) is 4.79 Å². The van der Waals surface area contributed by atoms with E-state index in [-0.39, 0.29) is 24.1 Å². The molecule has 0 radical (unpaired) electrons. The van der Waals surface area contributed by atoms with Crippen molar-refractivity contribution in [2.75, 3.05) is 13.1 Å². The molecule has 1 aromatic rings. The van der Waals surface area contributed by atoms with Crippen LogP contribution in [0.5, 0.6) is 0 Å². The van der Waals surface area contributed by atoms with Crippen molar-refractivity contribution in [1.82, 2.24) is 15.5 Å². The molecule has 0 saturated carbocycles. The van der Waals surface area contributed by atoms with E-state index in [0.717, 1.165) is 0 Å². The number of likely N-dealkylation sites (tertiary alicyclic amines) is 1. The Hall–Kier alpha value is -2.35. The molecule has 1 aromatic heterocycles. The Morgan fingerprint density at radius 1 is 1.33 bits per heavy atom. The van der Waals surface area contributed by atoms with Crippen molar-refractivity contribution in [2.45, 2.75) is 24.9 Å². The van der Waals surface area contributed by atoms with Gasteiger partial charge in [-0.2, -0.15) is 0 Å². The largest absolute Gasteiger partial charge is 0.455 e. The Kier molecular flexibility index (Phi) is 3.17. The maximum atomic E-state index is 12.3. The fraction of sp³-hybridized carbons (Fsp3) is 0.462. The van der Waals surface area contributed by atoms with Crippen molar-refractivity contribution in [3.63, 3.8) is 0 Å². The first-order valence-electron chi connectivity index (χ1n) is 6.76. The van der Waals surface area contributed by atoms with Crippen molar-refractivity contribution in [1.29, 1.82) is 0 Å². The third-order valence-corrected chi connectivity index (χ3v) is 3.99. The van der Waals surface area contributed by atoms with Crippen LogP contribution in [-0.2, 0) is 11.3 Å². The molecular formula is C13H16N4O4. The summed E-state index contributed by atoms with van der Waals surface area (Å²) in [7, 11) is 0. The second kappa shape index (κ2) is 4.88. The lowest BCUT2D eigenvalue weighted by molar-refractivity contribution is -0.125. The molecule has 8 heteroatoms. The minimum atomic E-state index is -0.876. The van der Waals surface area contributed by atoms with Crippen LogP contribution in [-0.4, -0.2) is 41.4 Å². The zero-order chi connectivity index (χ0) is 15.0. The molecule has 21 heavy (non-hydrogen) atoms. The molecule has 1 spiro atoms. The van der Waals surface area contributed by atoms with Crippen LogP contribution in [0.25, 0.3) is 0 Å². The number of nitrogens with one attached hydrogen (secondary N) is 2. The van der Waals surface area contributed by atoms with Crippen LogP contribution < -0.4 is 16.4 Å². The van der Waals surface area contributed by atoms with Gasteiger partial charge in [0.25, 0.3) is 11.8 Å². The zero-order valence-electron chi connectivity index (χ0n) is 11.3. The molecule has 3 heterocycles. The number of nitrogens with zero attached hydrogens (tertiary/aromatic N) is 1. The van der Waals surface area contributed by atoms with E-state index >= 15 is 0 Å². The van der Waals surface area contributed by atoms with Gasteiger partial charge in [0.1, 0.15) is 11.3 Å². The summed E-state index contributed by atoms with van der Waals surface area (Å²) in [6, 6.07) is 2.79. The summed E-state index contributed by atoms with van der Waals surface area (Å²) in [6.45, 7) is 0.999. The van der Waals surface area contributed by atoms with Gasteiger partial charge in [-0.15, -0.1) is 0 Å². The molecule has 2 aliphatic heterocycles. The Bertz CT molecular complexity index is 601. The van der Waals surface area contributed by atoms with Crippen molar-refractivity contribution >= 4 is 17.8 Å². The van der Waals surface area contributed by atoms with E-state index in [9.17, 15) is 14.4 Å². The SMILES string of the molecule is NCc1ccc(C(=O)N2CCC3(CC2)NC(=O)NC3=O)o1. The molecule has 4 N–H and O–H groups in total. The van der Waals surface area contributed by atoms with Crippen molar-refractivity contribution in [3.8, 4) is 0 Å². The van der Waals surface area contributed by atoms with Crippen LogP contribution in [0.15, 0.2) is 16.5 Å². The number of piperidine rings is 1. The highest BCUT2D eigenvalue weighted by Crippen LogP contribution is 2.26. The molecule has 2 aliphatic rings. The highest BCUT2D eigenvalue weighted by molar-refractivity contribution is 6.07. The first-order valence-corrected chi connectivity index (χ1v) is 6.76. The highest BCUT2D eigenvalue weighted by Gasteiger charge is 2.48. The summed E-state index contributed by atoms with van der Waals surface area (Å²) >= 11 is 0. The van der Waals surface area contributed by atoms with Gasteiger partial charge in [0.15, 0.2) is 5.76 Å². The molecule has 0 bridgehead atoms. The highest BCUT2D eigenvalue weighted by atomic mass is 16.4. The number of carbonyl (C=O) groups excluding carboxylic acids is 3. The number of hydrogen-bond donors (Lipinski definition) is 3. The third-order valence-electron chi connectivity index (χ3n) is 3.99. The van der Waals surface area contributed by atoms with E-state index in [1.807, 2.05) is 0 Å². The number of carbonyl (C=O) groups is 3. The lowest BCUT2D eigenvalue weighted by Gasteiger charge is -2.36. The normalized spacial score (nSPS) is 20.5. The minimum absolute atomic E-state index is 0.228. The molecular weight excluding hydrogens is 276 g/mol. The first-order chi connectivity index (χ1) is 10.0. The van der Waals surface area contributed by atoms with Crippen LogP contribution >= 0.6 is 0 Å². The van der Waals surface area contributed by atoms with E-state index < -0.39 is 11.6 Å². The number of imide groups is 1. The predicted molar refractivity (Wildman–Crippen MR) is 71.1 cm³/mol. The molecule has 112 valence electrons. The van der Waals surface area contributed by atoms with E-state index in [1.54, 1.807) is 17.0 Å². The summed E-state index contributed by atoms with van der Waals surface area (Å²) in [5.41, 5.74) is 4.57. The summed E-state index contributed by atoms with van der Waals surface area (Å²) in [4.78, 5) is 37.0. The smallest absolute Gasteiger partial charge is 0.322 e. The van der Waals surface area contributed by atoms with Gasteiger partial charge in [0, 0.05) is 13.1 Å². The van der Waals surface area contributed by atoms with Crippen LogP contribution in [0.3, 0.4) is 0 Å². The number of urea groups is 1. The molecule has 0 aromatic carbocycles. The van der Waals surface area contributed by atoms with Gasteiger partial charge in [-0.1, -0.05) is 0 Å². The maximum absolute atomic E-state index is 12.3. The van der Waals surface area contributed by atoms with Crippen LogP contribution in [0.1, 0.15) is 29.2 Å². The molecule has 4 amide bonds. The lowest BCUT2D eigenvalue weighted by Crippen LogP contribution is -2.55. The van der Waals surface area contributed by atoms with Crippen LogP contribution in [0.2, 0.25) is 0 Å². The molecule has 0 atom stereocenters. The molecule has 0 unspecified atom stereocenters. The quantitative estimate of drug-likeness (QED) is 0.638. The monoisotopic (exact) mass is 292 g/mol. The van der Waals surface area contributed by atoms with E-state index in [2.05, 4.69) is 10.6 Å². The Balaban J connectivity index is 1.67. The van der Waals surface area contributed by atoms with Gasteiger partial charge in [-0.05, 0) is 25.0 Å². The number of nitrogens with two attached hydrogens (primary N) is 1. The molecule has 8 nitrogen and oxygen atoms in total. The predicted octanol–water partition coefficient (Wildman–Crippen LogP) is -0.447. The van der Waals surface area contributed by atoms with E-state index in [1.165, 1.54) is 0 Å². The van der Waals surface area contributed by atoms with Gasteiger partial charge in [-0.3, -0.25) is 14.9 Å². The second-order valence-electron chi connectivity index (χ2n) is 5.25. The number of furan rings is 1. The summed E-state index contributed by atoms with van der Waals surface area (Å²) in [5, 5.41) is 4.89. The Morgan fingerprint density at radius 3 is 2.57 bits per heavy atom. The van der Waals surface area contributed by atoms with Crippen molar-refractivity contribution in [2.24, 2.45) is 5.73 Å². The third kappa shape index (κ3) is 2.27. The van der Waals surface area contributed by atoms with Crippen molar-refractivity contribution < 1.29 is 18.8 Å². The summed E-state index contributed by atoms with van der Waals surface area (Å²) in [6.07, 6.45) is 0.779. The van der Waals surface area contributed by atoms with Gasteiger partial charge >= 0.3 is 6.03 Å². The molecule has 2 saturated heterocycles. The summed E-state index contributed by atoms with van der Waals surface area (Å²) in [5.74, 6) is 0.248. The van der Waals surface area contributed by atoms with Gasteiger partial charge < -0.3 is 20.4 Å². The Labute approximate surface area is 120 Å². The molecule has 3 rings (SSSR count). The maximum Gasteiger partial charge on any atom is 0.322 e. The Morgan fingerprint density at radius 2 is 2.05 bits per heavy atom. The number of amides is 4. The fourth-order valence-electron chi connectivity index (χ4n) is 2.73. The zero-order valence-corrected chi connectivity index (χ0v) is 11.3. The second-order valence-corrected chi connectivity index (χ2v) is 5.25. The number of rotatable bonds is 2. The minimum Gasteiger partial charge on any atom is -0.455 e. The number of hydrogen-bond acceptors (Lipinski definition) is 5. The molecule has 2 fully saturated rings.